The number of aliphatic hydroxyl groups excluding tert-OH is 1. The van der Waals surface area contributed by atoms with Crippen LogP contribution in [-0.2, 0) is 12.8 Å². The van der Waals surface area contributed by atoms with Crippen LogP contribution >= 0.6 is 0 Å². The minimum absolute atomic E-state index is 0.304. The first-order valence-electron chi connectivity index (χ1n) is 11.1. The number of piperidine rings is 1. The molecule has 4 nitrogen and oxygen atoms in total. The molecule has 2 saturated heterocycles. The molecule has 1 N–H and O–H groups in total. The van der Waals surface area contributed by atoms with E-state index in [9.17, 15) is 5.11 Å². The number of anilines is 1. The third kappa shape index (κ3) is 4.18. The molecule has 1 aliphatic carbocycles. The molecule has 0 spiro atoms. The lowest BCUT2D eigenvalue weighted by Crippen LogP contribution is -2.59. The third-order valence-corrected chi connectivity index (χ3v) is 7.11. The molecule has 1 unspecified atom stereocenters. The Hall–Kier alpha value is -1.10. The highest BCUT2D eigenvalue weighted by molar-refractivity contribution is 5.52. The molecular weight excluding hydrogens is 334 g/mol. The van der Waals surface area contributed by atoms with Crippen molar-refractivity contribution in [3.8, 4) is 0 Å². The maximum absolute atomic E-state index is 9.49. The Bertz CT molecular complexity index is 624. The van der Waals surface area contributed by atoms with Crippen LogP contribution in [0.3, 0.4) is 0 Å². The second-order valence-electron chi connectivity index (χ2n) is 9.02. The summed E-state index contributed by atoms with van der Waals surface area (Å²) in [4.78, 5) is 7.91. The number of nitrogens with zero attached hydrogens (tertiary/aromatic N) is 3. The SMILES string of the molecule is CC(C)N1CCN(C2CCN(c3ccc4c(c3)CCC4)CC2)CC1CCO. The molecule has 3 aliphatic rings. The van der Waals surface area contributed by atoms with E-state index in [2.05, 4.69) is 46.7 Å². The van der Waals surface area contributed by atoms with Crippen molar-refractivity contribution in [3.05, 3.63) is 29.3 Å². The van der Waals surface area contributed by atoms with Crippen LogP contribution < -0.4 is 4.90 Å². The molecule has 4 rings (SSSR count). The fraction of sp³-hybridized carbons (Fsp3) is 0.739. The first-order valence-corrected chi connectivity index (χ1v) is 11.1. The van der Waals surface area contributed by atoms with E-state index in [1.807, 2.05) is 0 Å². The number of rotatable bonds is 5. The second kappa shape index (κ2) is 8.50. The van der Waals surface area contributed by atoms with Crippen LogP contribution in [-0.4, -0.2) is 72.4 Å². The number of aliphatic hydroxyl groups is 1. The first kappa shape index (κ1) is 19.2. The summed E-state index contributed by atoms with van der Waals surface area (Å²) >= 11 is 0. The summed E-state index contributed by atoms with van der Waals surface area (Å²) in [5.41, 5.74) is 4.61. The summed E-state index contributed by atoms with van der Waals surface area (Å²) in [6.45, 7) is 10.7. The van der Waals surface area contributed by atoms with Crippen molar-refractivity contribution in [2.75, 3.05) is 44.2 Å². The molecule has 0 aromatic heterocycles. The van der Waals surface area contributed by atoms with E-state index < -0.39 is 0 Å². The molecule has 0 amide bonds. The van der Waals surface area contributed by atoms with Crippen molar-refractivity contribution < 1.29 is 5.11 Å². The Morgan fingerprint density at radius 1 is 1.04 bits per heavy atom. The highest BCUT2D eigenvalue weighted by Crippen LogP contribution is 2.30. The summed E-state index contributed by atoms with van der Waals surface area (Å²) in [5.74, 6) is 0. The van der Waals surface area contributed by atoms with Gasteiger partial charge in [-0.2, -0.15) is 0 Å². The number of benzene rings is 1. The molecule has 0 radical (unpaired) electrons. The van der Waals surface area contributed by atoms with Crippen molar-refractivity contribution >= 4 is 5.69 Å². The van der Waals surface area contributed by atoms with Gasteiger partial charge in [-0.25, -0.2) is 0 Å². The van der Waals surface area contributed by atoms with Gasteiger partial charge in [-0.3, -0.25) is 9.80 Å². The van der Waals surface area contributed by atoms with Gasteiger partial charge in [0.25, 0.3) is 0 Å². The Balaban J connectivity index is 1.34. The lowest BCUT2D eigenvalue weighted by Gasteiger charge is -2.48. The molecule has 0 saturated carbocycles. The summed E-state index contributed by atoms with van der Waals surface area (Å²) in [6, 6.07) is 8.98. The average Bonchev–Trinajstić information content (AvgIpc) is 3.16. The zero-order chi connectivity index (χ0) is 18.8. The van der Waals surface area contributed by atoms with Crippen molar-refractivity contribution in [2.45, 2.75) is 70.5 Å². The van der Waals surface area contributed by atoms with Crippen molar-refractivity contribution in [1.29, 1.82) is 0 Å². The van der Waals surface area contributed by atoms with Gasteiger partial charge >= 0.3 is 0 Å². The van der Waals surface area contributed by atoms with Crippen LogP contribution in [0.15, 0.2) is 18.2 Å². The van der Waals surface area contributed by atoms with Gasteiger partial charge in [0.2, 0.25) is 0 Å². The van der Waals surface area contributed by atoms with Gasteiger partial charge < -0.3 is 10.0 Å². The molecule has 1 aromatic carbocycles. The van der Waals surface area contributed by atoms with Gasteiger partial charge in [0.15, 0.2) is 0 Å². The number of hydrogen-bond donors (Lipinski definition) is 1. The largest absolute Gasteiger partial charge is 0.396 e. The molecule has 27 heavy (non-hydrogen) atoms. The standard InChI is InChI=1S/C23H37N3O/c1-18(2)26-14-13-25(17-23(26)10-15-27)21-8-11-24(12-9-21)22-7-6-19-4-3-5-20(19)16-22/h6-7,16,18,21,23,27H,3-5,8-15,17H2,1-2H3. The smallest absolute Gasteiger partial charge is 0.0446 e. The molecule has 0 bridgehead atoms. The fourth-order valence-corrected chi connectivity index (χ4v) is 5.56. The van der Waals surface area contributed by atoms with Crippen LogP contribution in [0.5, 0.6) is 0 Å². The zero-order valence-electron chi connectivity index (χ0n) is 17.2. The topological polar surface area (TPSA) is 30.0 Å². The van der Waals surface area contributed by atoms with Crippen LogP contribution in [0, 0.1) is 0 Å². The average molecular weight is 372 g/mol. The third-order valence-electron chi connectivity index (χ3n) is 7.11. The Kier molecular flexibility index (Phi) is 6.05. The number of aryl methyl sites for hydroxylation is 2. The molecular formula is C23H37N3O. The van der Waals surface area contributed by atoms with Crippen LogP contribution in [0.1, 0.15) is 50.7 Å². The predicted molar refractivity (Wildman–Crippen MR) is 113 cm³/mol. The first-order chi connectivity index (χ1) is 13.2. The Morgan fingerprint density at radius 3 is 2.56 bits per heavy atom. The second-order valence-corrected chi connectivity index (χ2v) is 9.02. The summed E-state index contributed by atoms with van der Waals surface area (Å²) in [5, 5.41) is 9.49. The van der Waals surface area contributed by atoms with Gasteiger partial charge in [-0.1, -0.05) is 6.07 Å². The van der Waals surface area contributed by atoms with Crippen molar-refractivity contribution in [2.24, 2.45) is 0 Å². The van der Waals surface area contributed by atoms with E-state index in [-0.39, 0.29) is 0 Å². The Labute approximate surface area is 165 Å². The highest BCUT2D eigenvalue weighted by atomic mass is 16.3. The lowest BCUT2D eigenvalue weighted by atomic mass is 9.98. The van der Waals surface area contributed by atoms with E-state index in [0.717, 1.165) is 19.5 Å². The van der Waals surface area contributed by atoms with Gasteiger partial charge in [-0.05, 0) is 75.6 Å². The molecule has 1 atom stereocenters. The van der Waals surface area contributed by atoms with Crippen molar-refractivity contribution in [3.63, 3.8) is 0 Å². The maximum atomic E-state index is 9.49. The van der Waals surface area contributed by atoms with Crippen LogP contribution in [0.25, 0.3) is 0 Å². The Morgan fingerprint density at radius 2 is 1.81 bits per heavy atom. The molecule has 2 heterocycles. The number of piperazine rings is 1. The van der Waals surface area contributed by atoms with Gasteiger partial charge in [0.1, 0.15) is 0 Å². The lowest BCUT2D eigenvalue weighted by molar-refractivity contribution is 0.0134. The minimum atomic E-state index is 0.304. The minimum Gasteiger partial charge on any atom is -0.396 e. The predicted octanol–water partition coefficient (Wildman–Crippen LogP) is 2.92. The van der Waals surface area contributed by atoms with Gasteiger partial charge in [0.05, 0.1) is 0 Å². The molecule has 150 valence electrons. The van der Waals surface area contributed by atoms with E-state index >= 15 is 0 Å². The monoisotopic (exact) mass is 371 g/mol. The van der Waals surface area contributed by atoms with E-state index in [1.165, 1.54) is 57.4 Å². The van der Waals surface area contributed by atoms with Crippen LogP contribution in [0.4, 0.5) is 5.69 Å². The summed E-state index contributed by atoms with van der Waals surface area (Å²) in [6.07, 6.45) is 7.32. The molecule has 2 aliphatic heterocycles. The zero-order valence-corrected chi connectivity index (χ0v) is 17.2. The van der Waals surface area contributed by atoms with E-state index in [4.69, 9.17) is 0 Å². The van der Waals surface area contributed by atoms with Gasteiger partial charge in [-0.15, -0.1) is 0 Å². The van der Waals surface area contributed by atoms with Gasteiger partial charge in [0, 0.05) is 63.1 Å². The van der Waals surface area contributed by atoms with Crippen molar-refractivity contribution in [1.82, 2.24) is 9.80 Å². The maximum Gasteiger partial charge on any atom is 0.0446 e. The van der Waals surface area contributed by atoms with Crippen LogP contribution in [0.2, 0.25) is 0 Å². The molecule has 4 heteroatoms. The molecule has 2 fully saturated rings. The summed E-state index contributed by atoms with van der Waals surface area (Å²) in [7, 11) is 0. The fourth-order valence-electron chi connectivity index (χ4n) is 5.56. The molecule has 1 aromatic rings. The van der Waals surface area contributed by atoms with E-state index in [1.54, 1.807) is 11.1 Å². The number of fused-ring (bicyclic) bond motifs is 1. The highest BCUT2D eigenvalue weighted by Gasteiger charge is 2.33. The normalized spacial score (nSPS) is 25.3. The number of hydrogen-bond acceptors (Lipinski definition) is 4. The van der Waals surface area contributed by atoms with E-state index in [0.29, 0.717) is 24.7 Å². The quantitative estimate of drug-likeness (QED) is 0.862. The summed E-state index contributed by atoms with van der Waals surface area (Å²) < 4.78 is 0.